The van der Waals surface area contributed by atoms with Gasteiger partial charge >= 0.3 is 12.2 Å². The van der Waals surface area contributed by atoms with E-state index in [2.05, 4.69) is 30.6 Å². The number of alkyl halides is 4. The van der Waals surface area contributed by atoms with E-state index in [9.17, 15) is 17.6 Å². The van der Waals surface area contributed by atoms with Crippen LogP contribution in [0.4, 0.5) is 17.6 Å². The number of benzene rings is 1. The molecule has 0 N–H and O–H groups in total. The van der Waals surface area contributed by atoms with Gasteiger partial charge in [-0.2, -0.15) is 17.6 Å². The molecule has 1 aromatic carbocycles. The minimum atomic E-state index is -4.09. The number of halogens is 5. The molecule has 0 bridgehead atoms. The Morgan fingerprint density at radius 1 is 1.04 bits per heavy atom. The molecule has 1 aliphatic rings. The number of pyridine rings is 1. The maximum atomic E-state index is 13.6. The Labute approximate surface area is 134 Å². The summed E-state index contributed by atoms with van der Waals surface area (Å²) in [5, 5.41) is 0. The molecule has 0 saturated carbocycles. The van der Waals surface area contributed by atoms with Crippen LogP contribution in [0, 0.1) is 0 Å². The molecule has 118 valence electrons. The first-order valence-electron chi connectivity index (χ1n) is 6.29. The lowest BCUT2D eigenvalue weighted by Gasteiger charge is -2.10. The molecule has 3 aromatic rings. The highest BCUT2D eigenvalue weighted by Gasteiger charge is 2.57. The van der Waals surface area contributed by atoms with Gasteiger partial charge in [-0.1, -0.05) is 0 Å². The molecular formula is C14H5BrF4N2O2. The van der Waals surface area contributed by atoms with Crippen molar-refractivity contribution in [1.82, 2.24) is 9.97 Å². The highest BCUT2D eigenvalue weighted by Crippen LogP contribution is 2.52. The van der Waals surface area contributed by atoms with Crippen LogP contribution in [0.15, 0.2) is 39.5 Å². The number of rotatable bonds is 1. The van der Waals surface area contributed by atoms with Crippen LogP contribution in [0.3, 0.4) is 0 Å². The Kier molecular flexibility index (Phi) is 2.86. The van der Waals surface area contributed by atoms with Gasteiger partial charge in [-0.25, -0.2) is 9.72 Å². The van der Waals surface area contributed by atoms with Crippen LogP contribution in [0.25, 0.3) is 22.6 Å². The van der Waals surface area contributed by atoms with Crippen LogP contribution >= 0.6 is 15.9 Å². The minimum absolute atomic E-state index is 0.0310. The Morgan fingerprint density at radius 2 is 1.74 bits per heavy atom. The zero-order valence-electron chi connectivity index (χ0n) is 11.0. The zero-order chi connectivity index (χ0) is 16.4. The van der Waals surface area contributed by atoms with E-state index in [1.165, 1.54) is 12.4 Å². The van der Waals surface area contributed by atoms with E-state index in [1.807, 2.05) is 0 Å². The second kappa shape index (κ2) is 4.51. The third-order valence-corrected chi connectivity index (χ3v) is 4.05. The van der Waals surface area contributed by atoms with Gasteiger partial charge in [0.2, 0.25) is 5.89 Å². The summed E-state index contributed by atoms with van der Waals surface area (Å²) in [6.45, 7) is 0. The average Bonchev–Trinajstić information content (AvgIpc) is 2.94. The summed E-state index contributed by atoms with van der Waals surface area (Å²) in [5.41, 5.74) is -1.33. The molecule has 0 aliphatic carbocycles. The molecule has 4 nitrogen and oxygen atoms in total. The molecule has 0 radical (unpaired) electrons. The van der Waals surface area contributed by atoms with Gasteiger partial charge in [0.1, 0.15) is 5.52 Å². The fraction of sp³-hybridized carbons (Fsp3) is 0.143. The number of nitrogens with zero attached hydrogens (tertiary/aromatic N) is 2. The molecule has 0 saturated heterocycles. The maximum absolute atomic E-state index is 13.6. The lowest BCUT2D eigenvalue weighted by Crippen LogP contribution is -2.17. The highest BCUT2D eigenvalue weighted by molar-refractivity contribution is 9.10. The standard InChI is InChI=1S/C14H5BrF4N2O2/c15-9-5-20-2-1-6(9)12-21-10-3-7-8(4-11(10)22-12)14(18,19)23-13(7,16)17/h1-5H. The molecule has 0 atom stereocenters. The quantitative estimate of drug-likeness (QED) is 0.562. The van der Waals surface area contributed by atoms with Crippen LogP contribution in [-0.2, 0) is 17.0 Å². The minimum Gasteiger partial charge on any atom is -0.436 e. The van der Waals surface area contributed by atoms with Crippen molar-refractivity contribution in [2.75, 3.05) is 0 Å². The second-order valence-electron chi connectivity index (χ2n) is 4.88. The summed E-state index contributed by atoms with van der Waals surface area (Å²) in [6, 6.07) is 3.28. The number of oxazole rings is 1. The predicted molar refractivity (Wildman–Crippen MR) is 73.8 cm³/mol. The fourth-order valence-electron chi connectivity index (χ4n) is 2.39. The smallest absolute Gasteiger partial charge is 0.388 e. The molecule has 3 heterocycles. The van der Waals surface area contributed by atoms with Gasteiger partial charge < -0.3 is 4.42 Å². The van der Waals surface area contributed by atoms with Crippen LogP contribution < -0.4 is 0 Å². The lowest BCUT2D eigenvalue weighted by atomic mass is 10.1. The van der Waals surface area contributed by atoms with E-state index in [0.29, 0.717) is 10.0 Å². The van der Waals surface area contributed by atoms with Crippen molar-refractivity contribution < 1.29 is 26.7 Å². The Hall–Kier alpha value is -2.00. The van der Waals surface area contributed by atoms with Gasteiger partial charge in [-0.15, -0.1) is 0 Å². The molecule has 1 aliphatic heterocycles. The summed E-state index contributed by atoms with van der Waals surface area (Å²) in [5.74, 6) is 0.102. The van der Waals surface area contributed by atoms with Crippen LogP contribution in [-0.4, -0.2) is 9.97 Å². The van der Waals surface area contributed by atoms with E-state index in [1.54, 1.807) is 6.07 Å². The van der Waals surface area contributed by atoms with E-state index in [-0.39, 0.29) is 17.0 Å². The second-order valence-corrected chi connectivity index (χ2v) is 5.73. The van der Waals surface area contributed by atoms with Crippen molar-refractivity contribution in [3.63, 3.8) is 0 Å². The van der Waals surface area contributed by atoms with Crippen molar-refractivity contribution in [3.05, 3.63) is 46.2 Å². The first-order valence-corrected chi connectivity index (χ1v) is 7.08. The van der Waals surface area contributed by atoms with Crippen molar-refractivity contribution in [2.45, 2.75) is 12.2 Å². The van der Waals surface area contributed by atoms with Gasteiger partial charge in [0.25, 0.3) is 0 Å². The molecule has 0 fully saturated rings. The van der Waals surface area contributed by atoms with E-state index in [4.69, 9.17) is 4.42 Å². The summed E-state index contributed by atoms with van der Waals surface area (Å²) >= 11 is 3.26. The monoisotopic (exact) mass is 388 g/mol. The van der Waals surface area contributed by atoms with E-state index >= 15 is 0 Å². The van der Waals surface area contributed by atoms with Crippen molar-refractivity contribution in [3.8, 4) is 11.5 Å². The molecule has 4 rings (SSSR count). The molecular weight excluding hydrogens is 384 g/mol. The predicted octanol–water partition coefficient (Wildman–Crippen LogP) is 4.78. The van der Waals surface area contributed by atoms with Crippen LogP contribution in [0.2, 0.25) is 0 Å². The molecule has 2 aromatic heterocycles. The summed E-state index contributed by atoms with van der Waals surface area (Å²) in [7, 11) is 0. The van der Waals surface area contributed by atoms with Crippen LogP contribution in [0.5, 0.6) is 0 Å². The highest BCUT2D eigenvalue weighted by atomic mass is 79.9. The number of aromatic nitrogens is 2. The Morgan fingerprint density at radius 3 is 2.43 bits per heavy atom. The summed E-state index contributed by atoms with van der Waals surface area (Å²) in [4.78, 5) is 7.96. The summed E-state index contributed by atoms with van der Waals surface area (Å²) < 4.78 is 63.8. The zero-order valence-corrected chi connectivity index (χ0v) is 12.6. The number of fused-ring (bicyclic) bond motifs is 2. The molecule has 0 amide bonds. The van der Waals surface area contributed by atoms with Crippen molar-refractivity contribution in [2.24, 2.45) is 0 Å². The van der Waals surface area contributed by atoms with Crippen LogP contribution in [0.1, 0.15) is 11.1 Å². The fourth-order valence-corrected chi connectivity index (χ4v) is 2.81. The van der Waals surface area contributed by atoms with E-state index < -0.39 is 23.3 Å². The normalized spacial score (nSPS) is 18.3. The van der Waals surface area contributed by atoms with Crippen molar-refractivity contribution >= 4 is 27.0 Å². The number of hydrogen-bond acceptors (Lipinski definition) is 4. The largest absolute Gasteiger partial charge is 0.436 e. The first kappa shape index (κ1) is 14.6. The average molecular weight is 389 g/mol. The van der Waals surface area contributed by atoms with E-state index in [0.717, 1.165) is 12.1 Å². The molecule has 23 heavy (non-hydrogen) atoms. The van der Waals surface area contributed by atoms with Gasteiger partial charge in [-0.3, -0.25) is 4.98 Å². The Balaban J connectivity index is 1.94. The third-order valence-electron chi connectivity index (χ3n) is 3.41. The topological polar surface area (TPSA) is 48.2 Å². The number of ether oxygens (including phenoxy) is 1. The molecule has 9 heteroatoms. The first-order chi connectivity index (χ1) is 10.8. The Bertz CT molecular complexity index is 891. The lowest BCUT2D eigenvalue weighted by molar-refractivity contribution is -0.369. The third kappa shape index (κ3) is 2.14. The molecule has 0 spiro atoms. The van der Waals surface area contributed by atoms with Gasteiger partial charge in [0.05, 0.1) is 16.7 Å². The van der Waals surface area contributed by atoms with Gasteiger partial charge in [-0.05, 0) is 34.1 Å². The van der Waals surface area contributed by atoms with Gasteiger partial charge in [0, 0.05) is 16.9 Å². The van der Waals surface area contributed by atoms with Gasteiger partial charge in [0.15, 0.2) is 5.58 Å². The maximum Gasteiger partial charge on any atom is 0.388 e. The van der Waals surface area contributed by atoms with Crippen molar-refractivity contribution in [1.29, 1.82) is 0 Å². The summed E-state index contributed by atoms with van der Waals surface area (Å²) in [6.07, 6.45) is -5.17. The number of hydrogen-bond donors (Lipinski definition) is 0. The SMILES string of the molecule is FC1(F)OC(F)(F)c2cc3oc(-c4ccncc4Br)nc3cc21. The molecule has 0 unspecified atom stereocenters.